The molecule has 0 amide bonds. The molecule has 0 saturated heterocycles. The summed E-state index contributed by atoms with van der Waals surface area (Å²) >= 11 is 0. The molecule has 1 saturated carbocycles. The second-order valence-corrected chi connectivity index (χ2v) is 4.26. The zero-order valence-electron chi connectivity index (χ0n) is 8.39. The van der Waals surface area contributed by atoms with Crippen LogP contribution in [-0.2, 0) is 0 Å². The lowest BCUT2D eigenvalue weighted by Crippen LogP contribution is -2.22. The molecule has 2 atom stereocenters. The summed E-state index contributed by atoms with van der Waals surface area (Å²) in [5.74, 6) is 0.915. The Hall–Kier alpha value is -0.0400. The molecule has 0 aromatic heterocycles. The van der Waals surface area contributed by atoms with E-state index in [1.165, 1.54) is 51.4 Å². The predicted molar refractivity (Wildman–Crippen MR) is 54.1 cm³/mol. The number of rotatable bonds is 1. The highest BCUT2D eigenvalue weighted by Gasteiger charge is 2.13. The van der Waals surface area contributed by atoms with E-state index in [-0.39, 0.29) is 0 Å². The van der Waals surface area contributed by atoms with Crippen LogP contribution in [0.5, 0.6) is 0 Å². The average molecular weight is 169 g/mol. The topological polar surface area (TPSA) is 26.0 Å². The summed E-state index contributed by atoms with van der Waals surface area (Å²) in [6.45, 7) is 2.30. The second-order valence-electron chi connectivity index (χ2n) is 4.26. The molecule has 0 bridgehead atoms. The van der Waals surface area contributed by atoms with Gasteiger partial charge in [0.05, 0.1) is 0 Å². The van der Waals surface area contributed by atoms with Gasteiger partial charge in [-0.25, -0.2) is 0 Å². The molecule has 1 heteroatoms. The molecular formula is C11H23N. The highest BCUT2D eigenvalue weighted by molar-refractivity contribution is 4.70. The molecule has 0 radical (unpaired) electrons. The number of hydrogen-bond acceptors (Lipinski definition) is 1. The zero-order chi connectivity index (χ0) is 8.81. The van der Waals surface area contributed by atoms with Crippen molar-refractivity contribution >= 4 is 0 Å². The Labute approximate surface area is 76.7 Å². The molecule has 0 aromatic rings. The van der Waals surface area contributed by atoms with Gasteiger partial charge in [0.2, 0.25) is 0 Å². The Morgan fingerprint density at radius 2 is 1.75 bits per heavy atom. The van der Waals surface area contributed by atoms with E-state index in [2.05, 4.69) is 6.92 Å². The van der Waals surface area contributed by atoms with Crippen LogP contribution in [0.3, 0.4) is 0 Å². The highest BCUT2D eigenvalue weighted by atomic mass is 14.6. The van der Waals surface area contributed by atoms with E-state index >= 15 is 0 Å². The summed E-state index contributed by atoms with van der Waals surface area (Å²) in [6.07, 6.45) is 10.9. The average Bonchev–Trinajstić information content (AvgIpc) is 2.16. The van der Waals surface area contributed by atoms with Crippen LogP contribution < -0.4 is 5.73 Å². The van der Waals surface area contributed by atoms with Crippen LogP contribution in [0.4, 0.5) is 0 Å². The minimum atomic E-state index is 0.494. The first kappa shape index (κ1) is 10.0. The van der Waals surface area contributed by atoms with Gasteiger partial charge in [0.25, 0.3) is 0 Å². The smallest absolute Gasteiger partial charge is 0.00414 e. The van der Waals surface area contributed by atoms with E-state index in [1.807, 2.05) is 0 Å². The third-order valence-corrected chi connectivity index (χ3v) is 3.15. The fraction of sp³-hybridized carbons (Fsp3) is 1.00. The van der Waals surface area contributed by atoms with Gasteiger partial charge < -0.3 is 5.73 Å². The quantitative estimate of drug-likeness (QED) is 0.641. The molecule has 1 aliphatic carbocycles. The van der Waals surface area contributed by atoms with Gasteiger partial charge in [-0.2, -0.15) is 0 Å². The molecule has 2 N–H and O–H groups in total. The number of hydrogen-bond donors (Lipinski definition) is 1. The largest absolute Gasteiger partial charge is 0.328 e. The fourth-order valence-corrected chi connectivity index (χ4v) is 2.23. The SMILES string of the molecule is CCC1CCCCCCC(N)C1. The minimum Gasteiger partial charge on any atom is -0.328 e. The molecule has 1 fully saturated rings. The van der Waals surface area contributed by atoms with Crippen LogP contribution in [0.1, 0.15) is 58.3 Å². The predicted octanol–water partition coefficient (Wildman–Crippen LogP) is 3.08. The van der Waals surface area contributed by atoms with Crippen molar-refractivity contribution in [2.24, 2.45) is 11.7 Å². The molecule has 0 aromatic carbocycles. The van der Waals surface area contributed by atoms with Crippen molar-refractivity contribution in [1.82, 2.24) is 0 Å². The summed E-state index contributed by atoms with van der Waals surface area (Å²) in [7, 11) is 0. The summed E-state index contributed by atoms with van der Waals surface area (Å²) < 4.78 is 0. The molecule has 0 heterocycles. The lowest BCUT2D eigenvalue weighted by Gasteiger charge is -2.17. The Morgan fingerprint density at radius 3 is 2.42 bits per heavy atom. The molecule has 2 unspecified atom stereocenters. The van der Waals surface area contributed by atoms with Gasteiger partial charge in [-0.1, -0.05) is 45.4 Å². The van der Waals surface area contributed by atoms with Gasteiger partial charge in [-0.15, -0.1) is 0 Å². The first-order valence-electron chi connectivity index (χ1n) is 5.58. The van der Waals surface area contributed by atoms with Gasteiger partial charge in [-0.3, -0.25) is 0 Å². The van der Waals surface area contributed by atoms with Crippen molar-refractivity contribution in [1.29, 1.82) is 0 Å². The maximum Gasteiger partial charge on any atom is 0.00414 e. The van der Waals surface area contributed by atoms with Crippen molar-refractivity contribution in [3.05, 3.63) is 0 Å². The molecule has 72 valence electrons. The van der Waals surface area contributed by atoms with Gasteiger partial charge >= 0.3 is 0 Å². The van der Waals surface area contributed by atoms with E-state index in [1.54, 1.807) is 0 Å². The van der Waals surface area contributed by atoms with Crippen molar-refractivity contribution in [3.8, 4) is 0 Å². The monoisotopic (exact) mass is 169 g/mol. The van der Waals surface area contributed by atoms with Gasteiger partial charge in [0.15, 0.2) is 0 Å². The van der Waals surface area contributed by atoms with E-state index in [0.29, 0.717) is 6.04 Å². The fourth-order valence-electron chi connectivity index (χ4n) is 2.23. The van der Waals surface area contributed by atoms with Crippen LogP contribution in [0.25, 0.3) is 0 Å². The summed E-state index contributed by atoms with van der Waals surface area (Å²) in [4.78, 5) is 0. The first-order valence-corrected chi connectivity index (χ1v) is 5.58. The maximum absolute atomic E-state index is 6.04. The van der Waals surface area contributed by atoms with Crippen molar-refractivity contribution < 1.29 is 0 Å². The molecular weight excluding hydrogens is 146 g/mol. The molecule has 12 heavy (non-hydrogen) atoms. The van der Waals surface area contributed by atoms with Crippen molar-refractivity contribution in [3.63, 3.8) is 0 Å². The summed E-state index contributed by atoms with van der Waals surface area (Å²) in [5.41, 5.74) is 6.04. The third kappa shape index (κ3) is 3.57. The Morgan fingerprint density at radius 1 is 1.08 bits per heavy atom. The van der Waals surface area contributed by atoms with E-state index in [4.69, 9.17) is 5.73 Å². The summed E-state index contributed by atoms with van der Waals surface area (Å²) in [5, 5.41) is 0. The minimum absolute atomic E-state index is 0.494. The van der Waals surface area contributed by atoms with Gasteiger partial charge in [0.1, 0.15) is 0 Å². The Kier molecular flexibility index (Phi) is 4.67. The van der Waals surface area contributed by atoms with Crippen LogP contribution in [-0.4, -0.2) is 6.04 Å². The molecule has 1 rings (SSSR count). The van der Waals surface area contributed by atoms with E-state index in [0.717, 1.165) is 5.92 Å². The van der Waals surface area contributed by atoms with E-state index in [9.17, 15) is 0 Å². The maximum atomic E-state index is 6.04. The van der Waals surface area contributed by atoms with Crippen LogP contribution in [0.15, 0.2) is 0 Å². The van der Waals surface area contributed by atoms with Crippen molar-refractivity contribution in [2.75, 3.05) is 0 Å². The molecule has 0 spiro atoms. The zero-order valence-corrected chi connectivity index (χ0v) is 8.39. The first-order chi connectivity index (χ1) is 5.83. The summed E-state index contributed by atoms with van der Waals surface area (Å²) in [6, 6.07) is 0.494. The Balaban J connectivity index is 2.32. The molecule has 1 nitrogen and oxygen atoms in total. The Bertz CT molecular complexity index is 112. The molecule has 0 aliphatic heterocycles. The highest BCUT2D eigenvalue weighted by Crippen LogP contribution is 2.23. The molecule has 1 aliphatic rings. The number of nitrogens with two attached hydrogens (primary N) is 1. The van der Waals surface area contributed by atoms with Crippen LogP contribution >= 0.6 is 0 Å². The second kappa shape index (κ2) is 5.58. The van der Waals surface area contributed by atoms with E-state index < -0.39 is 0 Å². The van der Waals surface area contributed by atoms with Crippen molar-refractivity contribution in [2.45, 2.75) is 64.3 Å². The lowest BCUT2D eigenvalue weighted by molar-refractivity contribution is 0.387. The van der Waals surface area contributed by atoms with Gasteiger partial charge in [0, 0.05) is 6.04 Å². The lowest BCUT2D eigenvalue weighted by atomic mass is 9.92. The standard InChI is InChI=1S/C11H23N/c1-2-10-7-5-3-4-6-8-11(12)9-10/h10-11H,2-9,12H2,1H3. The van der Waals surface area contributed by atoms with Crippen LogP contribution in [0, 0.1) is 5.92 Å². The normalized spacial score (nSPS) is 33.5. The van der Waals surface area contributed by atoms with Gasteiger partial charge in [-0.05, 0) is 18.8 Å². The van der Waals surface area contributed by atoms with Crippen LogP contribution in [0.2, 0.25) is 0 Å². The third-order valence-electron chi connectivity index (χ3n) is 3.15.